The highest BCUT2D eigenvalue weighted by Gasteiger charge is 2.11. The van der Waals surface area contributed by atoms with Gasteiger partial charge in [-0.3, -0.25) is 9.59 Å². The summed E-state index contributed by atoms with van der Waals surface area (Å²) in [6, 6.07) is 6.77. The molecule has 0 aliphatic rings. The summed E-state index contributed by atoms with van der Waals surface area (Å²) in [4.78, 5) is 34.7. The third kappa shape index (κ3) is 7.42. The van der Waals surface area contributed by atoms with Crippen molar-refractivity contribution in [2.75, 3.05) is 26.8 Å². The Balaban J connectivity index is 2.36. The minimum absolute atomic E-state index is 0.139. The van der Waals surface area contributed by atoms with Crippen molar-refractivity contribution < 1.29 is 23.9 Å². The molecule has 1 aromatic carbocycles. The summed E-state index contributed by atoms with van der Waals surface area (Å²) in [6.07, 6.45) is 0.819. The zero-order chi connectivity index (χ0) is 17.1. The van der Waals surface area contributed by atoms with E-state index in [-0.39, 0.29) is 12.5 Å². The van der Waals surface area contributed by atoms with E-state index < -0.39 is 18.5 Å². The third-order valence-electron chi connectivity index (χ3n) is 2.83. The van der Waals surface area contributed by atoms with Gasteiger partial charge in [0.15, 0.2) is 6.61 Å². The molecule has 0 aliphatic heterocycles. The lowest BCUT2D eigenvalue weighted by atomic mass is 10.1. The highest BCUT2D eigenvalue weighted by Crippen LogP contribution is 2.07. The molecule has 7 heteroatoms. The molecular formula is C16H22N2O5. The molecule has 0 unspecified atom stereocenters. The number of hydrogen-bond acceptors (Lipinski definition) is 5. The first-order chi connectivity index (χ1) is 11.1. The highest BCUT2D eigenvalue weighted by molar-refractivity contribution is 5.92. The van der Waals surface area contributed by atoms with Gasteiger partial charge in [0, 0.05) is 13.7 Å². The molecule has 1 aromatic rings. The number of hydrogen-bond donors (Lipinski definition) is 2. The summed E-state index contributed by atoms with van der Waals surface area (Å²) in [7, 11) is 1.56. The number of methoxy groups -OCH3 is 1. The van der Waals surface area contributed by atoms with Gasteiger partial charge in [-0.25, -0.2) is 4.79 Å². The van der Waals surface area contributed by atoms with Crippen LogP contribution >= 0.6 is 0 Å². The van der Waals surface area contributed by atoms with Gasteiger partial charge < -0.3 is 20.1 Å². The van der Waals surface area contributed by atoms with E-state index in [1.54, 1.807) is 25.3 Å². The normalized spacial score (nSPS) is 10.0. The Morgan fingerprint density at radius 3 is 2.61 bits per heavy atom. The van der Waals surface area contributed by atoms with Crippen LogP contribution in [0.3, 0.4) is 0 Å². The first kappa shape index (κ1) is 18.6. The third-order valence-corrected chi connectivity index (χ3v) is 2.83. The summed E-state index contributed by atoms with van der Waals surface area (Å²) >= 11 is 0. The van der Waals surface area contributed by atoms with Gasteiger partial charge in [0.25, 0.3) is 5.91 Å². The standard InChI is InChI=1S/C16H22N2O5/c1-3-7-17-14(19)9-18-15(20)11-23-16(21)13-6-4-5-12(8-13)10-22-2/h4-6,8H,3,7,9-11H2,1-2H3,(H,17,19)(H,18,20). The molecule has 0 bridgehead atoms. The minimum atomic E-state index is -0.603. The number of amides is 2. The monoisotopic (exact) mass is 322 g/mol. The van der Waals surface area contributed by atoms with Crippen LogP contribution in [0.4, 0.5) is 0 Å². The highest BCUT2D eigenvalue weighted by atomic mass is 16.5. The van der Waals surface area contributed by atoms with Crippen LogP contribution in [0, 0.1) is 0 Å². The molecular weight excluding hydrogens is 300 g/mol. The van der Waals surface area contributed by atoms with Gasteiger partial charge in [-0.1, -0.05) is 19.1 Å². The Hall–Kier alpha value is -2.41. The quantitative estimate of drug-likeness (QED) is 0.651. The molecule has 0 fully saturated rings. The van der Waals surface area contributed by atoms with Crippen LogP contribution in [0.5, 0.6) is 0 Å². The smallest absolute Gasteiger partial charge is 0.338 e. The fourth-order valence-electron chi connectivity index (χ4n) is 1.73. The van der Waals surface area contributed by atoms with Crippen molar-refractivity contribution in [1.82, 2.24) is 10.6 Å². The van der Waals surface area contributed by atoms with Crippen molar-refractivity contribution >= 4 is 17.8 Å². The van der Waals surface area contributed by atoms with E-state index in [0.717, 1.165) is 12.0 Å². The Kier molecular flexibility index (Phi) is 8.38. The number of esters is 1. The molecule has 0 aromatic heterocycles. The molecule has 1 rings (SSSR count). The van der Waals surface area contributed by atoms with Gasteiger partial charge in [0.1, 0.15) is 0 Å². The average Bonchev–Trinajstić information content (AvgIpc) is 2.56. The molecule has 7 nitrogen and oxygen atoms in total. The van der Waals surface area contributed by atoms with E-state index in [1.807, 2.05) is 13.0 Å². The predicted molar refractivity (Wildman–Crippen MR) is 83.7 cm³/mol. The number of carbonyl (C=O) groups excluding carboxylic acids is 3. The van der Waals surface area contributed by atoms with Crippen LogP contribution < -0.4 is 10.6 Å². The van der Waals surface area contributed by atoms with Gasteiger partial charge in [-0.05, 0) is 24.1 Å². The molecule has 0 saturated carbocycles. The molecule has 0 radical (unpaired) electrons. The van der Waals surface area contributed by atoms with Gasteiger partial charge in [-0.15, -0.1) is 0 Å². The summed E-state index contributed by atoms with van der Waals surface area (Å²) in [5, 5.41) is 5.00. The van der Waals surface area contributed by atoms with Crippen LogP contribution in [-0.2, 0) is 25.7 Å². The topological polar surface area (TPSA) is 93.7 Å². The zero-order valence-corrected chi connectivity index (χ0v) is 13.4. The Morgan fingerprint density at radius 2 is 1.91 bits per heavy atom. The van der Waals surface area contributed by atoms with Gasteiger partial charge >= 0.3 is 5.97 Å². The van der Waals surface area contributed by atoms with E-state index in [0.29, 0.717) is 18.7 Å². The van der Waals surface area contributed by atoms with Gasteiger partial charge in [0.2, 0.25) is 5.91 Å². The second kappa shape index (κ2) is 10.3. The maximum atomic E-state index is 11.9. The average molecular weight is 322 g/mol. The van der Waals surface area contributed by atoms with Crippen LogP contribution in [0.1, 0.15) is 29.3 Å². The minimum Gasteiger partial charge on any atom is -0.452 e. The first-order valence-electron chi connectivity index (χ1n) is 7.35. The number of benzene rings is 1. The van der Waals surface area contributed by atoms with Crippen LogP contribution in [0.2, 0.25) is 0 Å². The van der Waals surface area contributed by atoms with E-state index in [4.69, 9.17) is 9.47 Å². The van der Waals surface area contributed by atoms with Crippen LogP contribution in [-0.4, -0.2) is 44.6 Å². The molecule has 126 valence electrons. The van der Waals surface area contributed by atoms with Crippen molar-refractivity contribution in [2.24, 2.45) is 0 Å². The zero-order valence-electron chi connectivity index (χ0n) is 13.4. The Labute approximate surface area is 135 Å². The SMILES string of the molecule is CCCNC(=O)CNC(=O)COC(=O)c1cccc(COC)c1. The van der Waals surface area contributed by atoms with Crippen molar-refractivity contribution in [3.05, 3.63) is 35.4 Å². The number of nitrogens with one attached hydrogen (secondary N) is 2. The fraction of sp³-hybridized carbons (Fsp3) is 0.438. The summed E-state index contributed by atoms with van der Waals surface area (Å²) in [5.41, 5.74) is 1.17. The summed E-state index contributed by atoms with van der Waals surface area (Å²) in [5.74, 6) is -1.41. The lowest BCUT2D eigenvalue weighted by Gasteiger charge is -2.08. The van der Waals surface area contributed by atoms with E-state index >= 15 is 0 Å². The van der Waals surface area contributed by atoms with Crippen LogP contribution in [0.25, 0.3) is 0 Å². The molecule has 23 heavy (non-hydrogen) atoms. The van der Waals surface area contributed by atoms with E-state index in [1.165, 1.54) is 0 Å². The molecule has 2 amide bonds. The Morgan fingerprint density at radius 1 is 1.13 bits per heavy atom. The Bertz CT molecular complexity index is 545. The summed E-state index contributed by atoms with van der Waals surface area (Å²) < 4.78 is 9.90. The number of rotatable bonds is 9. The van der Waals surface area contributed by atoms with Crippen molar-refractivity contribution in [1.29, 1.82) is 0 Å². The lowest BCUT2D eigenvalue weighted by Crippen LogP contribution is -2.38. The maximum Gasteiger partial charge on any atom is 0.338 e. The lowest BCUT2D eigenvalue weighted by molar-refractivity contribution is -0.127. The van der Waals surface area contributed by atoms with Crippen molar-refractivity contribution in [2.45, 2.75) is 20.0 Å². The largest absolute Gasteiger partial charge is 0.452 e. The first-order valence-corrected chi connectivity index (χ1v) is 7.35. The molecule has 2 N–H and O–H groups in total. The van der Waals surface area contributed by atoms with Crippen molar-refractivity contribution in [3.8, 4) is 0 Å². The molecule has 0 atom stereocenters. The number of carbonyl (C=O) groups is 3. The van der Waals surface area contributed by atoms with Gasteiger partial charge in [-0.2, -0.15) is 0 Å². The van der Waals surface area contributed by atoms with E-state index in [2.05, 4.69) is 10.6 Å². The second-order valence-corrected chi connectivity index (χ2v) is 4.84. The van der Waals surface area contributed by atoms with E-state index in [9.17, 15) is 14.4 Å². The maximum absolute atomic E-state index is 11.9. The second-order valence-electron chi connectivity index (χ2n) is 4.84. The fourth-order valence-corrected chi connectivity index (χ4v) is 1.73. The summed E-state index contributed by atoms with van der Waals surface area (Å²) in [6.45, 7) is 2.30. The molecule has 0 saturated heterocycles. The van der Waals surface area contributed by atoms with Crippen LogP contribution in [0.15, 0.2) is 24.3 Å². The van der Waals surface area contributed by atoms with Crippen molar-refractivity contribution in [3.63, 3.8) is 0 Å². The molecule has 0 spiro atoms. The predicted octanol–water partition coefficient (Wildman–Crippen LogP) is 0.632. The van der Waals surface area contributed by atoms with Gasteiger partial charge in [0.05, 0.1) is 18.7 Å². The number of ether oxygens (including phenoxy) is 2. The molecule has 0 aliphatic carbocycles. The molecule has 0 heterocycles.